The molecule has 4 aliphatic rings. The van der Waals surface area contributed by atoms with Crippen molar-refractivity contribution in [3.8, 4) is 0 Å². The van der Waals surface area contributed by atoms with Crippen LogP contribution < -0.4 is 5.56 Å². The van der Waals surface area contributed by atoms with Crippen LogP contribution in [0.4, 0.5) is 10.1 Å². The van der Waals surface area contributed by atoms with Crippen LogP contribution >= 0.6 is 0 Å². The van der Waals surface area contributed by atoms with Crippen molar-refractivity contribution in [3.63, 3.8) is 0 Å². The molecule has 7 heteroatoms. The molecule has 4 heterocycles. The number of allylic oxidation sites excluding steroid dienone is 2. The lowest BCUT2D eigenvalue weighted by Gasteiger charge is -2.26. The molecule has 6 rings (SSSR count). The summed E-state index contributed by atoms with van der Waals surface area (Å²) >= 11 is 0. The molecule has 31 heavy (non-hydrogen) atoms. The van der Waals surface area contributed by atoms with Crippen LogP contribution in [-0.2, 0) is 33.8 Å². The smallest absolute Gasteiger partial charge is 0.340 e. The zero-order valence-corrected chi connectivity index (χ0v) is 17.3. The molecule has 2 atom stereocenters. The number of rotatable bonds is 1. The van der Waals surface area contributed by atoms with Crippen molar-refractivity contribution < 1.29 is 18.7 Å². The second-order valence-corrected chi connectivity index (χ2v) is 8.62. The molecule has 2 unspecified atom stereocenters. The summed E-state index contributed by atoms with van der Waals surface area (Å²) in [5.74, 6) is -0.592. The molecule has 1 aromatic heterocycles. The van der Waals surface area contributed by atoms with Gasteiger partial charge in [-0.2, -0.15) is 0 Å². The van der Waals surface area contributed by atoms with Crippen LogP contribution in [0.25, 0.3) is 0 Å². The van der Waals surface area contributed by atoms with E-state index in [2.05, 4.69) is 6.08 Å². The number of nitrogens with zero attached hydrogens (tertiary/aromatic N) is 2. The monoisotopic (exact) mass is 420 g/mol. The summed E-state index contributed by atoms with van der Waals surface area (Å²) in [6.45, 7) is 2.19. The Bertz CT molecular complexity index is 1300. The molecule has 1 aromatic carbocycles. The van der Waals surface area contributed by atoms with E-state index in [1.54, 1.807) is 4.57 Å². The highest BCUT2D eigenvalue weighted by atomic mass is 19.1. The molecule has 0 N–H and O–H groups in total. The van der Waals surface area contributed by atoms with E-state index in [0.717, 1.165) is 36.0 Å². The first kappa shape index (κ1) is 18.7. The molecular weight excluding hydrogens is 399 g/mol. The first-order valence-corrected chi connectivity index (χ1v) is 10.6. The lowest BCUT2D eigenvalue weighted by atomic mass is 9.79. The Morgan fingerprint density at radius 1 is 1.26 bits per heavy atom. The maximum absolute atomic E-state index is 14.7. The summed E-state index contributed by atoms with van der Waals surface area (Å²) < 4.78 is 26.8. The number of hydrogen-bond acceptors (Lipinski definition) is 5. The minimum Gasteiger partial charge on any atom is -0.458 e. The predicted octanol–water partition coefficient (Wildman–Crippen LogP) is 3.53. The largest absolute Gasteiger partial charge is 0.458 e. The van der Waals surface area contributed by atoms with Crippen LogP contribution in [0.2, 0.25) is 0 Å². The molecule has 0 saturated heterocycles. The van der Waals surface area contributed by atoms with Crippen LogP contribution in [0, 0.1) is 12.7 Å². The van der Waals surface area contributed by atoms with Gasteiger partial charge in [-0.15, -0.1) is 0 Å². The van der Waals surface area contributed by atoms with E-state index in [4.69, 9.17) is 14.5 Å². The molecule has 2 aromatic rings. The summed E-state index contributed by atoms with van der Waals surface area (Å²) in [4.78, 5) is 30.3. The van der Waals surface area contributed by atoms with Gasteiger partial charge in [0.25, 0.3) is 5.56 Å². The summed E-state index contributed by atoms with van der Waals surface area (Å²) in [7, 11) is 1.42. The van der Waals surface area contributed by atoms with Gasteiger partial charge in [0, 0.05) is 24.7 Å². The van der Waals surface area contributed by atoms with Crippen molar-refractivity contribution in [3.05, 3.63) is 73.5 Å². The van der Waals surface area contributed by atoms with Gasteiger partial charge in [0.15, 0.2) is 6.10 Å². The lowest BCUT2D eigenvalue weighted by Crippen LogP contribution is -2.33. The van der Waals surface area contributed by atoms with E-state index in [0.29, 0.717) is 40.3 Å². The van der Waals surface area contributed by atoms with Gasteiger partial charge < -0.3 is 14.0 Å². The van der Waals surface area contributed by atoms with E-state index in [9.17, 15) is 14.0 Å². The Morgan fingerprint density at radius 3 is 2.90 bits per heavy atom. The van der Waals surface area contributed by atoms with E-state index >= 15 is 0 Å². The van der Waals surface area contributed by atoms with Crippen molar-refractivity contribution in [2.75, 3.05) is 7.11 Å². The summed E-state index contributed by atoms with van der Waals surface area (Å²) in [5, 5.41) is 0. The summed E-state index contributed by atoms with van der Waals surface area (Å²) in [6.07, 6.45) is 4.10. The summed E-state index contributed by atoms with van der Waals surface area (Å²) in [5.41, 5.74) is 6.59. The molecular formula is C24H21FN2O4. The number of methoxy groups -OCH3 is 1. The van der Waals surface area contributed by atoms with Crippen LogP contribution in [0.5, 0.6) is 0 Å². The average Bonchev–Trinajstić information content (AvgIpc) is 3.00. The number of esters is 1. The van der Waals surface area contributed by atoms with Gasteiger partial charge in [-0.1, -0.05) is 6.08 Å². The first-order valence-electron chi connectivity index (χ1n) is 10.6. The van der Waals surface area contributed by atoms with E-state index in [1.165, 1.54) is 13.2 Å². The first-order chi connectivity index (χ1) is 15.0. The van der Waals surface area contributed by atoms with Gasteiger partial charge in [-0.05, 0) is 54.5 Å². The number of fused-ring (bicyclic) bond motifs is 4. The number of hydrogen-bond donors (Lipinski definition) is 0. The number of halogens is 1. The van der Waals surface area contributed by atoms with E-state index in [-0.39, 0.29) is 23.9 Å². The maximum atomic E-state index is 14.7. The minimum atomic E-state index is -0.935. The molecule has 158 valence electrons. The Kier molecular flexibility index (Phi) is 3.90. The van der Waals surface area contributed by atoms with Crippen molar-refractivity contribution in [1.82, 2.24) is 4.57 Å². The third kappa shape index (κ3) is 2.50. The van der Waals surface area contributed by atoms with Gasteiger partial charge in [0.1, 0.15) is 12.4 Å². The third-order valence-corrected chi connectivity index (χ3v) is 7.02. The molecule has 0 saturated carbocycles. The zero-order valence-electron chi connectivity index (χ0n) is 17.3. The van der Waals surface area contributed by atoms with Crippen LogP contribution in [0.15, 0.2) is 33.6 Å². The standard InChI is InChI=1S/C24H21FN2O4/c1-11-14-5-3-4-12-6-13-9-27-19(21(13)26-18(20(12)14)8-17(11)25)7-15-16(23(27)28)10-31-24(29)22(15)30-2/h6-8,12,22H,3-5,9-10H2,1-2H3. The number of aromatic nitrogens is 1. The number of cyclic esters (lactones) is 1. The van der Waals surface area contributed by atoms with Gasteiger partial charge in [0.05, 0.1) is 29.2 Å². The second-order valence-electron chi connectivity index (χ2n) is 8.62. The van der Waals surface area contributed by atoms with Crippen molar-refractivity contribution in [1.29, 1.82) is 0 Å². The normalized spacial score (nSPS) is 23.0. The number of pyridine rings is 1. The fraction of sp³-hybridized carbons (Fsp3) is 0.375. The Balaban J connectivity index is 1.61. The van der Waals surface area contributed by atoms with Crippen molar-refractivity contribution >= 4 is 17.4 Å². The maximum Gasteiger partial charge on any atom is 0.340 e. The molecule has 0 bridgehead atoms. The second kappa shape index (κ2) is 6.47. The fourth-order valence-corrected chi connectivity index (χ4v) is 5.49. The number of carbonyl (C=O) groups is 1. The fourth-order valence-electron chi connectivity index (χ4n) is 5.49. The van der Waals surface area contributed by atoms with Gasteiger partial charge in [0.2, 0.25) is 0 Å². The molecule has 0 fully saturated rings. The lowest BCUT2D eigenvalue weighted by molar-refractivity contribution is -0.159. The van der Waals surface area contributed by atoms with Gasteiger partial charge in [-0.25, -0.2) is 14.2 Å². The molecule has 6 nitrogen and oxygen atoms in total. The third-order valence-electron chi connectivity index (χ3n) is 7.02. The Labute approximate surface area is 178 Å². The molecule has 0 amide bonds. The molecule has 1 aliphatic carbocycles. The number of aliphatic imine (C=N–C) groups is 1. The summed E-state index contributed by atoms with van der Waals surface area (Å²) in [6, 6.07) is 3.33. The SMILES string of the molecule is COC1C(=O)OCc2c1cc1n(c2=O)CC2=CC3CCCc4c(C)c(F)cc(c43)N=C21. The van der Waals surface area contributed by atoms with Crippen LogP contribution in [0.3, 0.4) is 0 Å². The highest BCUT2D eigenvalue weighted by molar-refractivity contribution is 6.15. The number of carbonyl (C=O) groups excluding carboxylic acids is 1. The molecule has 0 spiro atoms. The van der Waals surface area contributed by atoms with Gasteiger partial charge >= 0.3 is 5.97 Å². The predicted molar refractivity (Wildman–Crippen MR) is 111 cm³/mol. The highest BCUT2D eigenvalue weighted by Crippen LogP contribution is 2.45. The molecule has 3 aliphatic heterocycles. The zero-order chi connectivity index (χ0) is 21.4. The average molecular weight is 420 g/mol. The Morgan fingerprint density at radius 2 is 2.10 bits per heavy atom. The van der Waals surface area contributed by atoms with Crippen LogP contribution in [-0.4, -0.2) is 23.4 Å². The van der Waals surface area contributed by atoms with E-state index in [1.807, 2.05) is 13.0 Å². The molecule has 0 radical (unpaired) electrons. The number of ether oxygens (including phenoxy) is 2. The quantitative estimate of drug-likeness (QED) is 0.662. The van der Waals surface area contributed by atoms with Crippen LogP contribution in [0.1, 0.15) is 58.4 Å². The minimum absolute atomic E-state index is 0.0576. The van der Waals surface area contributed by atoms with E-state index < -0.39 is 12.1 Å². The van der Waals surface area contributed by atoms with Crippen molar-refractivity contribution in [2.24, 2.45) is 4.99 Å². The Hall–Kier alpha value is -3.06. The topological polar surface area (TPSA) is 69.9 Å². The van der Waals surface area contributed by atoms with Crippen molar-refractivity contribution in [2.45, 2.75) is 51.4 Å². The number of benzene rings is 1. The highest BCUT2D eigenvalue weighted by Gasteiger charge is 2.37. The van der Waals surface area contributed by atoms with Gasteiger partial charge in [-0.3, -0.25) is 4.79 Å².